The van der Waals surface area contributed by atoms with Gasteiger partial charge < -0.3 is 0 Å². The van der Waals surface area contributed by atoms with Crippen molar-refractivity contribution in [3.05, 3.63) is 0 Å². The molecular formula is C12H23F3. The zero-order chi connectivity index (χ0) is 12.3. The van der Waals surface area contributed by atoms with Crippen molar-refractivity contribution in [1.82, 2.24) is 0 Å². The molecule has 0 heterocycles. The Balaban J connectivity index is 5.27. The molecule has 0 aliphatic carbocycles. The van der Waals surface area contributed by atoms with E-state index in [9.17, 15) is 13.2 Å². The predicted molar refractivity (Wildman–Crippen MR) is 57.8 cm³/mol. The highest BCUT2D eigenvalue weighted by atomic mass is 19.4. The van der Waals surface area contributed by atoms with Gasteiger partial charge in [-0.15, -0.1) is 0 Å². The van der Waals surface area contributed by atoms with E-state index >= 15 is 0 Å². The summed E-state index contributed by atoms with van der Waals surface area (Å²) in [6.07, 6.45) is -2.18. The molecule has 0 nitrogen and oxygen atoms in total. The van der Waals surface area contributed by atoms with Gasteiger partial charge in [0.25, 0.3) is 0 Å². The van der Waals surface area contributed by atoms with Gasteiger partial charge in [0.15, 0.2) is 0 Å². The maximum absolute atomic E-state index is 13.2. The van der Waals surface area contributed by atoms with Crippen molar-refractivity contribution >= 4 is 0 Å². The number of rotatable bonds is 5. The lowest BCUT2D eigenvalue weighted by Gasteiger charge is -2.47. The highest BCUT2D eigenvalue weighted by Gasteiger charge is 2.58. The smallest absolute Gasteiger partial charge is 0.170 e. The molecule has 0 rings (SSSR count). The minimum absolute atomic E-state index is 0.217. The molecule has 3 heteroatoms. The third-order valence-electron chi connectivity index (χ3n) is 4.27. The van der Waals surface area contributed by atoms with Crippen molar-refractivity contribution in [2.24, 2.45) is 10.8 Å². The quantitative estimate of drug-likeness (QED) is 0.603. The fraction of sp³-hybridized carbons (Fsp3) is 1.00. The van der Waals surface area contributed by atoms with Gasteiger partial charge in [-0.05, 0) is 24.7 Å². The summed E-state index contributed by atoms with van der Waals surface area (Å²) in [4.78, 5) is 0. The van der Waals surface area contributed by atoms with Crippen molar-refractivity contribution in [3.63, 3.8) is 0 Å². The Morgan fingerprint density at radius 2 is 1.27 bits per heavy atom. The second kappa shape index (κ2) is 4.75. The molecule has 1 atom stereocenters. The zero-order valence-electron chi connectivity index (χ0n) is 10.5. The molecule has 1 unspecified atom stereocenters. The Hall–Kier alpha value is -0.210. The molecule has 0 saturated heterocycles. The number of alkyl halides is 3. The van der Waals surface area contributed by atoms with Crippen LogP contribution in [0.3, 0.4) is 0 Å². The third kappa shape index (κ3) is 2.48. The molecule has 0 aromatic rings. The van der Waals surface area contributed by atoms with E-state index in [1.807, 2.05) is 20.8 Å². The van der Waals surface area contributed by atoms with Gasteiger partial charge in [-0.2, -0.15) is 13.2 Å². The highest BCUT2D eigenvalue weighted by Crippen LogP contribution is 2.56. The first kappa shape index (κ1) is 14.8. The molecule has 92 valence electrons. The van der Waals surface area contributed by atoms with Gasteiger partial charge in [0, 0.05) is 0 Å². The largest absolute Gasteiger partial charge is 0.394 e. The van der Waals surface area contributed by atoms with Crippen LogP contribution in [0, 0.1) is 10.8 Å². The predicted octanol–water partition coefficient (Wildman–Crippen LogP) is 5.18. The van der Waals surface area contributed by atoms with Crippen LogP contribution in [0.15, 0.2) is 0 Å². The normalized spacial score (nSPS) is 17.6. The summed E-state index contributed by atoms with van der Waals surface area (Å²) in [5.74, 6) is 0. The maximum Gasteiger partial charge on any atom is 0.394 e. The van der Waals surface area contributed by atoms with E-state index in [2.05, 4.69) is 0 Å². The minimum atomic E-state index is -4.11. The zero-order valence-corrected chi connectivity index (χ0v) is 10.5. The van der Waals surface area contributed by atoms with Gasteiger partial charge >= 0.3 is 6.18 Å². The lowest BCUT2D eigenvalue weighted by atomic mass is 9.60. The van der Waals surface area contributed by atoms with Crippen LogP contribution >= 0.6 is 0 Å². The fourth-order valence-corrected chi connectivity index (χ4v) is 2.32. The van der Waals surface area contributed by atoms with Gasteiger partial charge in [-0.1, -0.05) is 41.0 Å². The first-order valence-corrected chi connectivity index (χ1v) is 5.75. The van der Waals surface area contributed by atoms with Crippen molar-refractivity contribution in [1.29, 1.82) is 0 Å². The molecule has 0 fully saturated rings. The molecule has 0 aromatic carbocycles. The Labute approximate surface area is 91.3 Å². The summed E-state index contributed by atoms with van der Waals surface area (Å²) in [7, 11) is 0. The Bertz CT molecular complexity index is 192. The molecule has 0 N–H and O–H groups in total. The second-order valence-corrected chi connectivity index (χ2v) is 4.85. The third-order valence-corrected chi connectivity index (χ3v) is 4.27. The molecule has 0 bridgehead atoms. The molecule has 15 heavy (non-hydrogen) atoms. The molecular weight excluding hydrogens is 201 g/mol. The number of hydrogen-bond acceptors (Lipinski definition) is 0. The summed E-state index contributed by atoms with van der Waals surface area (Å²) in [6, 6.07) is 0. The topological polar surface area (TPSA) is 0 Å². The molecule has 0 aliphatic heterocycles. The van der Waals surface area contributed by atoms with E-state index in [4.69, 9.17) is 0 Å². The van der Waals surface area contributed by atoms with Crippen LogP contribution in [-0.2, 0) is 0 Å². The minimum Gasteiger partial charge on any atom is -0.170 e. The molecule has 0 spiro atoms. The van der Waals surface area contributed by atoms with Crippen LogP contribution in [0.4, 0.5) is 13.2 Å². The van der Waals surface area contributed by atoms with Gasteiger partial charge in [0.1, 0.15) is 0 Å². The molecule has 0 saturated carbocycles. The van der Waals surface area contributed by atoms with Gasteiger partial charge in [-0.3, -0.25) is 0 Å². The fourth-order valence-electron chi connectivity index (χ4n) is 2.32. The van der Waals surface area contributed by atoms with E-state index in [1.165, 1.54) is 6.92 Å². The summed E-state index contributed by atoms with van der Waals surface area (Å²) in [5.41, 5.74) is -2.21. The van der Waals surface area contributed by atoms with E-state index in [1.54, 1.807) is 6.92 Å². The average Bonchev–Trinajstić information content (AvgIpc) is 2.15. The van der Waals surface area contributed by atoms with Crippen LogP contribution in [-0.4, -0.2) is 6.18 Å². The van der Waals surface area contributed by atoms with Crippen molar-refractivity contribution < 1.29 is 13.2 Å². The molecule has 0 aliphatic rings. The summed E-state index contributed by atoms with van der Waals surface area (Å²) in [6.45, 7) is 8.65. The van der Waals surface area contributed by atoms with Crippen LogP contribution in [0.1, 0.15) is 60.3 Å². The summed E-state index contributed by atoms with van der Waals surface area (Å²) >= 11 is 0. The van der Waals surface area contributed by atoms with Crippen molar-refractivity contribution in [3.8, 4) is 0 Å². The Morgan fingerprint density at radius 1 is 0.867 bits per heavy atom. The standard InChI is InChI=1S/C12H23F3/c1-6-9-11(5,12(13,14)15)10(4,7-2)8-3/h6-9H2,1-5H3. The Morgan fingerprint density at radius 3 is 1.47 bits per heavy atom. The van der Waals surface area contributed by atoms with E-state index < -0.39 is 17.0 Å². The van der Waals surface area contributed by atoms with Gasteiger partial charge in [0.2, 0.25) is 0 Å². The lowest BCUT2D eigenvalue weighted by Crippen LogP contribution is -2.48. The molecule has 0 amide bonds. The van der Waals surface area contributed by atoms with Crippen LogP contribution < -0.4 is 0 Å². The first-order chi connectivity index (χ1) is 6.68. The van der Waals surface area contributed by atoms with Gasteiger partial charge in [-0.25, -0.2) is 0 Å². The van der Waals surface area contributed by atoms with Crippen LogP contribution in [0.5, 0.6) is 0 Å². The average molecular weight is 224 g/mol. The SMILES string of the molecule is CCCC(C)(C(F)(F)F)C(C)(CC)CC. The molecule has 0 aromatic heterocycles. The second-order valence-electron chi connectivity index (χ2n) is 4.85. The van der Waals surface area contributed by atoms with Crippen LogP contribution in [0.2, 0.25) is 0 Å². The summed E-state index contributed by atoms with van der Waals surface area (Å²) < 4.78 is 39.5. The lowest BCUT2D eigenvalue weighted by molar-refractivity contribution is -0.261. The first-order valence-electron chi connectivity index (χ1n) is 5.75. The van der Waals surface area contributed by atoms with Crippen molar-refractivity contribution in [2.45, 2.75) is 66.5 Å². The van der Waals surface area contributed by atoms with E-state index in [-0.39, 0.29) is 6.42 Å². The number of halogens is 3. The van der Waals surface area contributed by atoms with Gasteiger partial charge in [0.05, 0.1) is 5.41 Å². The van der Waals surface area contributed by atoms with Crippen molar-refractivity contribution in [2.75, 3.05) is 0 Å². The number of hydrogen-bond donors (Lipinski definition) is 0. The Kier molecular flexibility index (Phi) is 4.68. The molecule has 0 radical (unpaired) electrons. The maximum atomic E-state index is 13.2. The highest BCUT2D eigenvalue weighted by molar-refractivity contribution is 4.95. The van der Waals surface area contributed by atoms with E-state index in [0.29, 0.717) is 19.3 Å². The van der Waals surface area contributed by atoms with Crippen LogP contribution in [0.25, 0.3) is 0 Å². The monoisotopic (exact) mass is 224 g/mol. The summed E-state index contributed by atoms with van der Waals surface area (Å²) in [5, 5.41) is 0. The van der Waals surface area contributed by atoms with E-state index in [0.717, 1.165) is 0 Å².